The molecule has 0 unspecified atom stereocenters. The van der Waals surface area contributed by atoms with E-state index in [1.54, 1.807) is 34.9 Å². The summed E-state index contributed by atoms with van der Waals surface area (Å²) >= 11 is 1.21. The van der Waals surface area contributed by atoms with Crippen molar-refractivity contribution in [1.29, 1.82) is 0 Å². The Hall–Kier alpha value is -3.11. The third-order valence-electron chi connectivity index (χ3n) is 5.92. The fourth-order valence-corrected chi connectivity index (χ4v) is 4.82. The average molecular weight is 473 g/mol. The van der Waals surface area contributed by atoms with Gasteiger partial charge >= 0.3 is 0 Å². The molecule has 1 aliphatic heterocycles. The van der Waals surface area contributed by atoms with Crippen molar-refractivity contribution in [3.8, 4) is 16.3 Å². The molecule has 0 fully saturated rings. The van der Waals surface area contributed by atoms with Crippen LogP contribution in [0.4, 0.5) is 4.39 Å². The van der Waals surface area contributed by atoms with Crippen LogP contribution in [-0.2, 0) is 11.2 Å². The van der Waals surface area contributed by atoms with Gasteiger partial charge in [-0.25, -0.2) is 4.39 Å². The summed E-state index contributed by atoms with van der Waals surface area (Å²) in [5.41, 5.74) is 0.304. The number of nitrogens with zero attached hydrogens (tertiary/aromatic N) is 4. The molecule has 2 aromatic heterocycles. The Morgan fingerprint density at radius 1 is 1.21 bits per heavy atom. The van der Waals surface area contributed by atoms with Crippen LogP contribution in [0.3, 0.4) is 0 Å². The van der Waals surface area contributed by atoms with Crippen LogP contribution in [0, 0.1) is 5.82 Å². The molecular formula is C23H25FN4O4S. The molecule has 4 rings (SSSR count). The van der Waals surface area contributed by atoms with Gasteiger partial charge in [-0.15, -0.1) is 10.2 Å². The third kappa shape index (κ3) is 4.28. The van der Waals surface area contributed by atoms with E-state index in [-0.39, 0.29) is 35.3 Å². The second-order valence-corrected chi connectivity index (χ2v) is 9.40. The number of benzene rings is 1. The topological polar surface area (TPSA) is 97.6 Å². The lowest BCUT2D eigenvalue weighted by molar-refractivity contribution is 0.0274. The smallest absolute Gasteiger partial charge is 0.274 e. The second kappa shape index (κ2) is 9.03. The highest BCUT2D eigenvalue weighted by molar-refractivity contribution is 7.14. The van der Waals surface area contributed by atoms with Gasteiger partial charge in [0.25, 0.3) is 5.91 Å². The molecule has 33 heavy (non-hydrogen) atoms. The maximum absolute atomic E-state index is 13.2. The van der Waals surface area contributed by atoms with Crippen molar-refractivity contribution in [2.75, 3.05) is 13.7 Å². The Balaban J connectivity index is 1.77. The number of fused-ring (bicyclic) bond motifs is 1. The summed E-state index contributed by atoms with van der Waals surface area (Å²) in [6, 6.07) is 5.67. The van der Waals surface area contributed by atoms with Crippen molar-refractivity contribution in [2.24, 2.45) is 0 Å². The summed E-state index contributed by atoms with van der Waals surface area (Å²) in [5.74, 6) is -1.33. The first kappa shape index (κ1) is 23.1. The summed E-state index contributed by atoms with van der Waals surface area (Å²) in [6.45, 7) is 6.03. The van der Waals surface area contributed by atoms with Crippen LogP contribution in [-0.4, -0.2) is 56.5 Å². The first-order valence-corrected chi connectivity index (χ1v) is 11.4. The van der Waals surface area contributed by atoms with E-state index >= 15 is 0 Å². The Morgan fingerprint density at radius 3 is 2.55 bits per heavy atom. The van der Waals surface area contributed by atoms with Gasteiger partial charge < -0.3 is 19.3 Å². The summed E-state index contributed by atoms with van der Waals surface area (Å²) in [7, 11) is 1.58. The highest BCUT2D eigenvalue weighted by Gasteiger charge is 2.38. The molecule has 8 nitrogen and oxygen atoms in total. The molecule has 1 N–H and O–H groups in total. The SMILES string of the molecule is CO[C@H](C)[C@@H]1CN(C(C)C)C(=O)c2c(O)c(=O)c(-c3nnc(Cc4ccc(F)cc4)s3)cn21. The molecule has 0 bridgehead atoms. The largest absolute Gasteiger partial charge is 0.503 e. The Labute approximate surface area is 194 Å². The number of halogens is 1. The molecule has 10 heteroatoms. The van der Waals surface area contributed by atoms with Crippen LogP contribution in [0.5, 0.6) is 5.75 Å². The first-order valence-electron chi connectivity index (χ1n) is 10.6. The van der Waals surface area contributed by atoms with Crippen LogP contribution in [0.2, 0.25) is 0 Å². The summed E-state index contributed by atoms with van der Waals surface area (Å²) in [6.07, 6.45) is 1.72. The van der Waals surface area contributed by atoms with Crippen molar-refractivity contribution in [2.45, 2.75) is 45.4 Å². The predicted octanol–water partition coefficient (Wildman–Crippen LogP) is 3.24. The van der Waals surface area contributed by atoms with Gasteiger partial charge in [-0.3, -0.25) is 9.59 Å². The van der Waals surface area contributed by atoms with Crippen molar-refractivity contribution in [3.63, 3.8) is 0 Å². The van der Waals surface area contributed by atoms with Crippen molar-refractivity contribution in [1.82, 2.24) is 19.7 Å². The fourth-order valence-electron chi connectivity index (χ4n) is 3.94. The number of carbonyl (C=O) groups is 1. The third-order valence-corrected chi connectivity index (χ3v) is 6.87. The molecule has 0 radical (unpaired) electrons. The normalized spacial score (nSPS) is 16.8. The number of amides is 1. The quantitative estimate of drug-likeness (QED) is 0.592. The molecule has 3 heterocycles. The van der Waals surface area contributed by atoms with E-state index in [4.69, 9.17) is 4.74 Å². The summed E-state index contributed by atoms with van der Waals surface area (Å²) in [5, 5.41) is 20.1. The lowest BCUT2D eigenvalue weighted by Crippen LogP contribution is -2.50. The fraction of sp³-hybridized carbons (Fsp3) is 0.391. The number of hydrogen-bond acceptors (Lipinski definition) is 7. The van der Waals surface area contributed by atoms with Gasteiger partial charge in [0.05, 0.1) is 17.7 Å². The van der Waals surface area contributed by atoms with Gasteiger partial charge in [0.15, 0.2) is 16.5 Å². The van der Waals surface area contributed by atoms with E-state index < -0.39 is 17.1 Å². The van der Waals surface area contributed by atoms with Crippen LogP contribution >= 0.6 is 11.3 Å². The van der Waals surface area contributed by atoms with E-state index in [1.165, 1.54) is 23.5 Å². The number of ether oxygens (including phenoxy) is 1. The Morgan fingerprint density at radius 2 is 1.91 bits per heavy atom. The zero-order valence-corrected chi connectivity index (χ0v) is 19.6. The van der Waals surface area contributed by atoms with Gasteiger partial charge in [-0.05, 0) is 38.5 Å². The molecular weight excluding hydrogens is 447 g/mol. The van der Waals surface area contributed by atoms with E-state index in [1.807, 2.05) is 20.8 Å². The number of rotatable bonds is 6. The Kier molecular flexibility index (Phi) is 6.31. The zero-order chi connectivity index (χ0) is 23.9. The van der Waals surface area contributed by atoms with Crippen LogP contribution in [0.25, 0.3) is 10.6 Å². The van der Waals surface area contributed by atoms with E-state index in [9.17, 15) is 19.1 Å². The number of aromatic hydroxyl groups is 1. The molecule has 3 aromatic rings. The molecule has 1 aromatic carbocycles. The van der Waals surface area contributed by atoms with Gasteiger partial charge in [-0.1, -0.05) is 23.5 Å². The predicted molar refractivity (Wildman–Crippen MR) is 122 cm³/mol. The molecule has 1 aliphatic rings. The number of pyridine rings is 1. The van der Waals surface area contributed by atoms with Gasteiger partial charge in [0.1, 0.15) is 10.8 Å². The minimum absolute atomic E-state index is 0.0475. The van der Waals surface area contributed by atoms with E-state index in [2.05, 4.69) is 10.2 Å². The number of hydrogen-bond donors (Lipinski definition) is 1. The highest BCUT2D eigenvalue weighted by Crippen LogP contribution is 2.33. The van der Waals surface area contributed by atoms with Crippen molar-refractivity contribution < 1.29 is 19.0 Å². The zero-order valence-electron chi connectivity index (χ0n) is 18.8. The highest BCUT2D eigenvalue weighted by atomic mass is 32.1. The standard InChI is InChI=1S/C23H25FN4O4S/c1-12(2)27-11-17(13(3)32-4)28-10-16(20(29)21(30)19(28)23(27)31)22-26-25-18(33-22)9-14-5-7-15(24)8-6-14/h5-8,10,12-13,17,30H,9,11H2,1-4H3/t13-,17+/m1/s1. The monoisotopic (exact) mass is 472 g/mol. The molecule has 0 aliphatic carbocycles. The first-order chi connectivity index (χ1) is 15.7. The van der Waals surface area contributed by atoms with Gasteiger partial charge in [0.2, 0.25) is 5.43 Å². The molecule has 2 atom stereocenters. The molecule has 174 valence electrons. The van der Waals surface area contributed by atoms with Gasteiger partial charge in [-0.2, -0.15) is 0 Å². The Bertz CT molecular complexity index is 1240. The minimum atomic E-state index is -0.673. The number of carbonyl (C=O) groups excluding carboxylic acids is 1. The molecule has 0 saturated heterocycles. The van der Waals surface area contributed by atoms with Crippen LogP contribution in [0.15, 0.2) is 35.3 Å². The maximum atomic E-state index is 13.2. The van der Waals surface area contributed by atoms with Crippen molar-refractivity contribution >= 4 is 17.2 Å². The molecule has 1 amide bonds. The summed E-state index contributed by atoms with van der Waals surface area (Å²) in [4.78, 5) is 27.8. The van der Waals surface area contributed by atoms with Crippen molar-refractivity contribution in [3.05, 3.63) is 62.8 Å². The average Bonchev–Trinajstić information content (AvgIpc) is 3.25. The molecule has 0 spiro atoms. The van der Waals surface area contributed by atoms with E-state index in [0.717, 1.165) is 5.56 Å². The van der Waals surface area contributed by atoms with E-state index in [0.29, 0.717) is 23.0 Å². The van der Waals surface area contributed by atoms with Gasteiger partial charge in [0, 0.05) is 32.3 Å². The number of aromatic nitrogens is 3. The minimum Gasteiger partial charge on any atom is -0.503 e. The van der Waals surface area contributed by atoms with Crippen LogP contribution in [0.1, 0.15) is 47.9 Å². The lowest BCUT2D eigenvalue weighted by Gasteiger charge is -2.40. The second-order valence-electron chi connectivity index (χ2n) is 8.34. The maximum Gasteiger partial charge on any atom is 0.274 e. The molecule has 0 saturated carbocycles. The number of methoxy groups -OCH3 is 1. The lowest BCUT2D eigenvalue weighted by atomic mass is 10.0. The van der Waals surface area contributed by atoms with Crippen LogP contribution < -0.4 is 5.43 Å². The summed E-state index contributed by atoms with van der Waals surface area (Å²) < 4.78 is 20.3.